The van der Waals surface area contributed by atoms with Gasteiger partial charge in [0.15, 0.2) is 0 Å². The third kappa shape index (κ3) is 3.50. The molecule has 2 rings (SSSR count). The molecular formula is C14H17BrClNO2. The quantitative estimate of drug-likeness (QED) is 0.905. The van der Waals surface area contributed by atoms with Crippen LogP contribution in [0.5, 0.6) is 0 Å². The van der Waals surface area contributed by atoms with Crippen LogP contribution in [0.4, 0.5) is 0 Å². The number of aliphatic carboxylic acids is 1. The number of rotatable bonds is 3. The highest BCUT2D eigenvalue weighted by molar-refractivity contribution is 9.10. The van der Waals surface area contributed by atoms with Crippen molar-refractivity contribution in [3.8, 4) is 0 Å². The summed E-state index contributed by atoms with van der Waals surface area (Å²) in [7, 11) is 0. The third-order valence-corrected chi connectivity index (χ3v) is 5.08. The minimum absolute atomic E-state index is 0.558. The van der Waals surface area contributed by atoms with Gasteiger partial charge in [0.25, 0.3) is 0 Å². The molecule has 1 aliphatic heterocycles. The van der Waals surface area contributed by atoms with Crippen molar-refractivity contribution >= 4 is 33.5 Å². The smallest absolute Gasteiger partial charge is 0.309 e. The van der Waals surface area contributed by atoms with Crippen LogP contribution in [0.25, 0.3) is 0 Å². The van der Waals surface area contributed by atoms with E-state index in [0.29, 0.717) is 17.9 Å². The topological polar surface area (TPSA) is 40.5 Å². The van der Waals surface area contributed by atoms with Gasteiger partial charge >= 0.3 is 5.97 Å². The lowest BCUT2D eigenvalue weighted by molar-refractivity contribution is -0.150. The molecule has 0 radical (unpaired) electrons. The van der Waals surface area contributed by atoms with Gasteiger partial charge in [0.05, 0.1) is 10.4 Å². The fourth-order valence-corrected chi connectivity index (χ4v) is 2.86. The lowest BCUT2D eigenvalue weighted by Crippen LogP contribution is -2.42. The first-order valence-electron chi connectivity index (χ1n) is 6.30. The van der Waals surface area contributed by atoms with Crippen LogP contribution in [0.3, 0.4) is 0 Å². The second-order valence-corrected chi connectivity index (χ2v) is 6.65. The Bertz CT molecular complexity index is 484. The molecule has 1 saturated heterocycles. The molecule has 1 N–H and O–H groups in total. The summed E-state index contributed by atoms with van der Waals surface area (Å²) in [5.41, 5.74) is 0.632. The molecular weight excluding hydrogens is 330 g/mol. The van der Waals surface area contributed by atoms with Gasteiger partial charge < -0.3 is 5.11 Å². The van der Waals surface area contributed by atoms with Gasteiger partial charge in [-0.1, -0.05) is 17.7 Å². The van der Waals surface area contributed by atoms with Crippen molar-refractivity contribution in [1.82, 2.24) is 4.90 Å². The zero-order chi connectivity index (χ0) is 14.0. The van der Waals surface area contributed by atoms with Gasteiger partial charge in [-0.25, -0.2) is 0 Å². The number of hydrogen-bond donors (Lipinski definition) is 1. The molecule has 0 unspecified atom stereocenters. The van der Waals surface area contributed by atoms with Gasteiger partial charge in [-0.2, -0.15) is 0 Å². The molecule has 1 aliphatic rings. The molecule has 1 heterocycles. The Morgan fingerprint density at radius 3 is 2.63 bits per heavy atom. The molecule has 104 valence electrons. The lowest BCUT2D eigenvalue weighted by atomic mass is 9.80. The SMILES string of the molecule is CC1(C(=O)O)CCN(Cc2ccc(Cl)c(Br)c2)CC1. The maximum Gasteiger partial charge on any atom is 0.309 e. The van der Waals surface area contributed by atoms with E-state index < -0.39 is 11.4 Å². The highest BCUT2D eigenvalue weighted by Crippen LogP contribution is 2.32. The Hall–Kier alpha value is -0.580. The van der Waals surface area contributed by atoms with E-state index in [4.69, 9.17) is 11.6 Å². The van der Waals surface area contributed by atoms with Gasteiger partial charge in [0, 0.05) is 11.0 Å². The van der Waals surface area contributed by atoms with Gasteiger partial charge in [0.2, 0.25) is 0 Å². The highest BCUT2D eigenvalue weighted by atomic mass is 79.9. The van der Waals surface area contributed by atoms with Crippen molar-refractivity contribution in [3.05, 3.63) is 33.3 Å². The number of carboxylic acids is 1. The van der Waals surface area contributed by atoms with Crippen LogP contribution in [0.2, 0.25) is 5.02 Å². The van der Waals surface area contributed by atoms with Crippen LogP contribution < -0.4 is 0 Å². The molecule has 1 aromatic carbocycles. The van der Waals surface area contributed by atoms with E-state index in [1.54, 1.807) is 0 Å². The monoisotopic (exact) mass is 345 g/mol. The van der Waals surface area contributed by atoms with Crippen LogP contribution in [0.15, 0.2) is 22.7 Å². The number of hydrogen-bond acceptors (Lipinski definition) is 2. The van der Waals surface area contributed by atoms with E-state index in [2.05, 4.69) is 20.8 Å². The molecule has 3 nitrogen and oxygen atoms in total. The minimum atomic E-state index is -0.679. The molecule has 19 heavy (non-hydrogen) atoms. The van der Waals surface area contributed by atoms with E-state index in [0.717, 1.165) is 24.1 Å². The maximum atomic E-state index is 11.2. The number of nitrogens with zero attached hydrogens (tertiary/aromatic N) is 1. The largest absolute Gasteiger partial charge is 0.481 e. The number of benzene rings is 1. The predicted molar refractivity (Wildman–Crippen MR) is 79.4 cm³/mol. The second-order valence-electron chi connectivity index (χ2n) is 5.39. The zero-order valence-electron chi connectivity index (χ0n) is 10.8. The molecule has 0 aromatic heterocycles. The van der Waals surface area contributed by atoms with Gasteiger partial charge in [0.1, 0.15) is 0 Å². The fourth-order valence-electron chi connectivity index (χ4n) is 2.31. The van der Waals surface area contributed by atoms with E-state index in [9.17, 15) is 9.90 Å². The summed E-state index contributed by atoms with van der Waals surface area (Å²) in [5, 5.41) is 9.91. The fraction of sp³-hybridized carbons (Fsp3) is 0.500. The molecule has 1 fully saturated rings. The van der Waals surface area contributed by atoms with Crippen molar-refractivity contribution in [2.24, 2.45) is 5.41 Å². The molecule has 0 bridgehead atoms. The van der Waals surface area contributed by atoms with E-state index in [1.165, 1.54) is 5.56 Å². The first kappa shape index (κ1) is 14.8. The summed E-state index contributed by atoms with van der Waals surface area (Å²) in [5.74, 6) is -0.679. The van der Waals surface area contributed by atoms with Gasteiger partial charge in [-0.05, 0) is 66.5 Å². The minimum Gasteiger partial charge on any atom is -0.481 e. The number of likely N-dealkylation sites (tertiary alicyclic amines) is 1. The van der Waals surface area contributed by atoms with Gasteiger partial charge in [-0.3, -0.25) is 9.69 Å². The summed E-state index contributed by atoms with van der Waals surface area (Å²) in [4.78, 5) is 13.5. The lowest BCUT2D eigenvalue weighted by Gasteiger charge is -2.36. The summed E-state index contributed by atoms with van der Waals surface area (Å²) in [6.45, 7) is 4.32. The Morgan fingerprint density at radius 1 is 1.47 bits per heavy atom. The third-order valence-electron chi connectivity index (χ3n) is 3.87. The first-order valence-corrected chi connectivity index (χ1v) is 7.47. The Labute approximate surface area is 126 Å². The Balaban J connectivity index is 1.95. The number of halogens is 2. The molecule has 1 aromatic rings. The Morgan fingerprint density at radius 2 is 2.11 bits per heavy atom. The Kier molecular flexibility index (Phi) is 4.54. The van der Waals surface area contributed by atoms with Crippen molar-refractivity contribution in [1.29, 1.82) is 0 Å². The van der Waals surface area contributed by atoms with Crippen molar-refractivity contribution in [2.75, 3.05) is 13.1 Å². The second kappa shape index (κ2) is 5.81. The highest BCUT2D eigenvalue weighted by Gasteiger charge is 2.36. The average molecular weight is 347 g/mol. The van der Waals surface area contributed by atoms with E-state index in [1.807, 2.05) is 25.1 Å². The predicted octanol–water partition coefficient (Wildman–Crippen LogP) is 3.79. The molecule has 0 saturated carbocycles. The van der Waals surface area contributed by atoms with Crippen molar-refractivity contribution in [2.45, 2.75) is 26.3 Å². The van der Waals surface area contributed by atoms with Crippen LogP contribution in [0.1, 0.15) is 25.3 Å². The van der Waals surface area contributed by atoms with E-state index in [-0.39, 0.29) is 0 Å². The van der Waals surface area contributed by atoms with E-state index >= 15 is 0 Å². The first-order chi connectivity index (χ1) is 8.90. The summed E-state index contributed by atoms with van der Waals surface area (Å²) in [6, 6.07) is 5.91. The standard InChI is InChI=1S/C14H17BrClNO2/c1-14(13(18)19)4-6-17(7-5-14)9-10-2-3-12(16)11(15)8-10/h2-3,8H,4-7,9H2,1H3,(H,18,19). The van der Waals surface area contributed by atoms with Gasteiger partial charge in [-0.15, -0.1) is 0 Å². The summed E-state index contributed by atoms with van der Waals surface area (Å²) >= 11 is 9.39. The maximum absolute atomic E-state index is 11.2. The molecule has 0 amide bonds. The normalized spacial score (nSPS) is 19.3. The van der Waals surface area contributed by atoms with Crippen molar-refractivity contribution < 1.29 is 9.90 Å². The van der Waals surface area contributed by atoms with Crippen LogP contribution in [-0.4, -0.2) is 29.1 Å². The number of carbonyl (C=O) groups is 1. The van der Waals surface area contributed by atoms with Crippen molar-refractivity contribution in [3.63, 3.8) is 0 Å². The van der Waals surface area contributed by atoms with Crippen LogP contribution in [-0.2, 0) is 11.3 Å². The molecule has 5 heteroatoms. The molecule has 0 aliphatic carbocycles. The average Bonchev–Trinajstić information content (AvgIpc) is 2.37. The zero-order valence-corrected chi connectivity index (χ0v) is 13.2. The number of piperidine rings is 1. The molecule has 0 spiro atoms. The molecule has 0 atom stereocenters. The van der Waals surface area contributed by atoms with Crippen LogP contribution in [0, 0.1) is 5.41 Å². The summed E-state index contributed by atoms with van der Waals surface area (Å²) in [6.07, 6.45) is 1.41. The van der Waals surface area contributed by atoms with Crippen LogP contribution >= 0.6 is 27.5 Å². The number of carboxylic acid groups (broad SMARTS) is 1. The summed E-state index contributed by atoms with van der Waals surface area (Å²) < 4.78 is 0.902.